The summed E-state index contributed by atoms with van der Waals surface area (Å²) in [4.78, 5) is 8.69. The molecule has 1 atom stereocenters. The van der Waals surface area contributed by atoms with Gasteiger partial charge in [0.2, 0.25) is 0 Å². The van der Waals surface area contributed by atoms with Crippen molar-refractivity contribution >= 4 is 32.7 Å². The Balaban J connectivity index is 2.18. The van der Waals surface area contributed by atoms with E-state index in [9.17, 15) is 0 Å². The van der Waals surface area contributed by atoms with Gasteiger partial charge >= 0.3 is 0 Å². The van der Waals surface area contributed by atoms with Gasteiger partial charge in [0.15, 0.2) is 0 Å². The van der Waals surface area contributed by atoms with Crippen LogP contribution in [0.3, 0.4) is 0 Å². The van der Waals surface area contributed by atoms with Gasteiger partial charge in [-0.3, -0.25) is 9.97 Å². The molecule has 2 aromatic heterocycles. The van der Waals surface area contributed by atoms with Crippen LogP contribution in [-0.4, -0.2) is 22.6 Å². The van der Waals surface area contributed by atoms with Crippen molar-refractivity contribution in [2.75, 3.05) is 11.9 Å². The second-order valence-corrected chi connectivity index (χ2v) is 5.23. The Labute approximate surface area is 115 Å². The van der Waals surface area contributed by atoms with Gasteiger partial charge in [-0.05, 0) is 34.5 Å². The molecule has 0 saturated carbocycles. The largest absolute Gasteiger partial charge is 0.382 e. The minimum Gasteiger partial charge on any atom is -0.382 e. The van der Waals surface area contributed by atoms with Crippen molar-refractivity contribution in [3.63, 3.8) is 0 Å². The Morgan fingerprint density at radius 2 is 2.28 bits per heavy atom. The Morgan fingerprint density at radius 3 is 3.06 bits per heavy atom. The lowest BCUT2D eigenvalue weighted by molar-refractivity contribution is 0.627. The third-order valence-corrected chi connectivity index (χ3v) is 3.19. The molecule has 5 heteroatoms. The average Bonchev–Trinajstić information content (AvgIpc) is 2.36. The second kappa shape index (κ2) is 6.11. The number of nitrogens with two attached hydrogens (primary N) is 1. The molecule has 3 N–H and O–H groups in total. The Kier molecular flexibility index (Phi) is 4.49. The van der Waals surface area contributed by atoms with Crippen LogP contribution in [0.15, 0.2) is 29.0 Å². The van der Waals surface area contributed by atoms with Crippen molar-refractivity contribution in [2.24, 2.45) is 5.73 Å². The van der Waals surface area contributed by atoms with E-state index < -0.39 is 0 Å². The number of halogens is 1. The number of fused-ring (bicyclic) bond motifs is 1. The van der Waals surface area contributed by atoms with Crippen molar-refractivity contribution < 1.29 is 0 Å². The van der Waals surface area contributed by atoms with Crippen LogP contribution in [-0.2, 0) is 0 Å². The summed E-state index contributed by atoms with van der Waals surface area (Å²) >= 11 is 3.40. The summed E-state index contributed by atoms with van der Waals surface area (Å²) in [5.74, 6) is 0. The van der Waals surface area contributed by atoms with Gasteiger partial charge in [0.25, 0.3) is 0 Å². The molecule has 0 radical (unpaired) electrons. The molecule has 96 valence electrons. The number of nitrogens with zero attached hydrogens (tertiary/aromatic N) is 2. The molecule has 0 bridgehead atoms. The molecular formula is C13H17BrN4. The molecule has 18 heavy (non-hydrogen) atoms. The Bertz CT molecular complexity index is 529. The van der Waals surface area contributed by atoms with Gasteiger partial charge in [0, 0.05) is 29.5 Å². The zero-order valence-corrected chi connectivity index (χ0v) is 11.9. The van der Waals surface area contributed by atoms with Gasteiger partial charge in [0.1, 0.15) is 5.52 Å². The summed E-state index contributed by atoms with van der Waals surface area (Å²) < 4.78 is 0.933. The van der Waals surface area contributed by atoms with Crippen LogP contribution in [0.1, 0.15) is 19.8 Å². The summed E-state index contributed by atoms with van der Waals surface area (Å²) in [6.45, 7) is 2.89. The summed E-state index contributed by atoms with van der Waals surface area (Å²) in [5.41, 5.74) is 8.73. The van der Waals surface area contributed by atoms with E-state index in [0.717, 1.165) is 40.6 Å². The lowest BCUT2D eigenvalue weighted by atomic mass is 10.2. The fourth-order valence-electron chi connectivity index (χ4n) is 1.86. The van der Waals surface area contributed by atoms with Gasteiger partial charge in [-0.25, -0.2) is 0 Å². The van der Waals surface area contributed by atoms with E-state index in [-0.39, 0.29) is 6.04 Å². The Morgan fingerprint density at radius 1 is 1.44 bits per heavy atom. The summed E-state index contributed by atoms with van der Waals surface area (Å²) in [6.07, 6.45) is 5.69. The molecule has 0 aliphatic rings. The van der Waals surface area contributed by atoms with Crippen LogP contribution in [0.25, 0.3) is 11.0 Å². The van der Waals surface area contributed by atoms with E-state index in [1.165, 1.54) is 0 Å². The molecular weight excluding hydrogens is 292 g/mol. The fraction of sp³-hybridized carbons (Fsp3) is 0.385. The third-order valence-electron chi connectivity index (χ3n) is 2.76. The number of anilines is 1. The molecule has 0 aliphatic carbocycles. The monoisotopic (exact) mass is 308 g/mol. The summed E-state index contributed by atoms with van der Waals surface area (Å²) in [5, 5.41) is 3.35. The van der Waals surface area contributed by atoms with Crippen LogP contribution in [0.4, 0.5) is 5.69 Å². The predicted molar refractivity (Wildman–Crippen MR) is 78.6 cm³/mol. The number of rotatable bonds is 5. The van der Waals surface area contributed by atoms with Crippen LogP contribution >= 0.6 is 15.9 Å². The highest BCUT2D eigenvalue weighted by Crippen LogP contribution is 2.21. The summed E-state index contributed by atoms with van der Waals surface area (Å²) in [7, 11) is 0. The molecule has 0 aliphatic heterocycles. The summed E-state index contributed by atoms with van der Waals surface area (Å²) in [6, 6.07) is 4.06. The highest BCUT2D eigenvalue weighted by atomic mass is 79.9. The molecule has 4 nitrogen and oxygen atoms in total. The van der Waals surface area contributed by atoms with E-state index >= 15 is 0 Å². The number of pyridine rings is 2. The molecule has 2 rings (SSSR count). The van der Waals surface area contributed by atoms with Crippen LogP contribution in [0, 0.1) is 0 Å². The normalized spacial score (nSPS) is 12.6. The first-order chi connectivity index (χ1) is 8.70. The predicted octanol–water partition coefficient (Wildman–Crippen LogP) is 2.93. The van der Waals surface area contributed by atoms with Crippen molar-refractivity contribution in [1.82, 2.24) is 9.97 Å². The maximum absolute atomic E-state index is 5.99. The molecule has 0 saturated heterocycles. The number of hydrogen-bond donors (Lipinski definition) is 2. The number of aromatic nitrogens is 2. The standard InChI is InChI=1S/C13H17BrN4/c1-2-3-10(15)8-17-11-4-5-16-12-6-9(14)7-18-13(11)12/h4-7,10H,2-3,8,15H2,1H3,(H,16,17). The smallest absolute Gasteiger partial charge is 0.112 e. The van der Waals surface area contributed by atoms with Crippen LogP contribution in [0.2, 0.25) is 0 Å². The van der Waals surface area contributed by atoms with Gasteiger partial charge in [-0.2, -0.15) is 0 Å². The lowest BCUT2D eigenvalue weighted by Crippen LogP contribution is -2.28. The zero-order chi connectivity index (χ0) is 13.0. The van der Waals surface area contributed by atoms with E-state index in [2.05, 4.69) is 38.1 Å². The molecule has 0 spiro atoms. The van der Waals surface area contributed by atoms with Crippen molar-refractivity contribution in [3.8, 4) is 0 Å². The third kappa shape index (κ3) is 3.17. The van der Waals surface area contributed by atoms with E-state index in [4.69, 9.17) is 5.73 Å². The van der Waals surface area contributed by atoms with Crippen LogP contribution < -0.4 is 11.1 Å². The van der Waals surface area contributed by atoms with Gasteiger partial charge in [-0.1, -0.05) is 13.3 Å². The highest BCUT2D eigenvalue weighted by Gasteiger charge is 2.05. The number of nitrogens with one attached hydrogen (secondary N) is 1. The fourth-order valence-corrected chi connectivity index (χ4v) is 2.18. The van der Waals surface area contributed by atoms with Gasteiger partial charge < -0.3 is 11.1 Å². The second-order valence-electron chi connectivity index (χ2n) is 4.31. The molecule has 1 unspecified atom stereocenters. The van der Waals surface area contributed by atoms with Crippen molar-refractivity contribution in [3.05, 3.63) is 29.0 Å². The minimum atomic E-state index is 0.175. The highest BCUT2D eigenvalue weighted by molar-refractivity contribution is 9.10. The van der Waals surface area contributed by atoms with E-state index in [0.29, 0.717) is 0 Å². The molecule has 0 aromatic carbocycles. The SMILES string of the molecule is CCCC(N)CNc1ccnc2cc(Br)cnc12. The Hall–Kier alpha value is -1.20. The maximum atomic E-state index is 5.99. The van der Waals surface area contributed by atoms with E-state index in [1.807, 2.05) is 12.1 Å². The van der Waals surface area contributed by atoms with Crippen molar-refractivity contribution in [2.45, 2.75) is 25.8 Å². The first-order valence-corrected chi connectivity index (χ1v) is 6.89. The average molecular weight is 309 g/mol. The zero-order valence-electron chi connectivity index (χ0n) is 10.4. The molecule has 2 aromatic rings. The number of hydrogen-bond acceptors (Lipinski definition) is 4. The van der Waals surface area contributed by atoms with Gasteiger partial charge in [-0.15, -0.1) is 0 Å². The van der Waals surface area contributed by atoms with E-state index in [1.54, 1.807) is 12.4 Å². The molecule has 0 amide bonds. The van der Waals surface area contributed by atoms with Gasteiger partial charge in [0.05, 0.1) is 11.2 Å². The topological polar surface area (TPSA) is 63.8 Å². The first kappa shape index (κ1) is 13.2. The first-order valence-electron chi connectivity index (χ1n) is 6.10. The van der Waals surface area contributed by atoms with Crippen LogP contribution in [0.5, 0.6) is 0 Å². The molecule has 0 fully saturated rings. The quantitative estimate of drug-likeness (QED) is 0.891. The molecule has 2 heterocycles. The minimum absolute atomic E-state index is 0.175. The maximum Gasteiger partial charge on any atom is 0.112 e. The van der Waals surface area contributed by atoms with Crippen molar-refractivity contribution in [1.29, 1.82) is 0 Å². The lowest BCUT2D eigenvalue weighted by Gasteiger charge is -2.13.